The summed E-state index contributed by atoms with van der Waals surface area (Å²) < 4.78 is 0. The number of carbonyl (C=O) groups is 4. The molecule has 1 heterocycles. The molecular weight excluding hydrogens is 244 g/mol. The zero-order chi connectivity index (χ0) is 13.5. The number of carbonyl (C=O) groups excluding carboxylic acids is 4. The Morgan fingerprint density at radius 3 is 2.39 bits per heavy atom. The third-order valence-electron chi connectivity index (χ3n) is 2.19. The van der Waals surface area contributed by atoms with Crippen LogP contribution in [0.4, 0.5) is 0 Å². The molecule has 1 fully saturated rings. The van der Waals surface area contributed by atoms with E-state index in [-0.39, 0.29) is 38.8 Å². The molecule has 0 bridgehead atoms. The van der Waals surface area contributed by atoms with E-state index in [9.17, 15) is 19.2 Å². The summed E-state index contributed by atoms with van der Waals surface area (Å²) >= 11 is 0. The van der Waals surface area contributed by atoms with Gasteiger partial charge in [0.05, 0.1) is 13.0 Å². The van der Waals surface area contributed by atoms with Gasteiger partial charge in [-0.25, -0.2) is 4.79 Å². The first-order valence-electron chi connectivity index (χ1n) is 5.48. The minimum atomic E-state index is -0.822. The molecule has 100 valence electrons. The van der Waals surface area contributed by atoms with E-state index in [0.717, 1.165) is 0 Å². The molecule has 3 amide bonds. The van der Waals surface area contributed by atoms with Gasteiger partial charge >= 0.3 is 5.97 Å². The lowest BCUT2D eigenvalue weighted by Gasteiger charge is -2.12. The van der Waals surface area contributed by atoms with Crippen LogP contribution in [-0.4, -0.2) is 47.0 Å². The van der Waals surface area contributed by atoms with Gasteiger partial charge in [0.1, 0.15) is 0 Å². The van der Waals surface area contributed by atoms with Crippen LogP contribution < -0.4 is 5.32 Å². The molecule has 1 rings (SSSR count). The van der Waals surface area contributed by atoms with Crippen molar-refractivity contribution >= 4 is 23.7 Å². The third kappa shape index (κ3) is 4.13. The van der Waals surface area contributed by atoms with Crippen molar-refractivity contribution < 1.29 is 29.1 Å². The zero-order valence-electron chi connectivity index (χ0n) is 9.68. The van der Waals surface area contributed by atoms with Crippen molar-refractivity contribution in [2.45, 2.75) is 25.7 Å². The number of aliphatic hydroxyl groups is 1. The summed E-state index contributed by atoms with van der Waals surface area (Å²) in [5, 5.41) is 11.2. The normalized spacial score (nSPS) is 14.8. The molecule has 0 unspecified atom stereocenters. The molecular formula is C10H14N2O6. The fraction of sp³-hybridized carbons (Fsp3) is 0.600. The summed E-state index contributed by atoms with van der Waals surface area (Å²) in [5.41, 5.74) is 0. The Morgan fingerprint density at radius 2 is 1.83 bits per heavy atom. The Bertz CT molecular complexity index is 351. The molecule has 0 saturated carbocycles. The van der Waals surface area contributed by atoms with Gasteiger partial charge in [-0.2, -0.15) is 0 Å². The maximum absolute atomic E-state index is 11.3. The van der Waals surface area contributed by atoms with Gasteiger partial charge < -0.3 is 15.3 Å². The van der Waals surface area contributed by atoms with Crippen LogP contribution in [0.3, 0.4) is 0 Å². The summed E-state index contributed by atoms with van der Waals surface area (Å²) in [5.74, 6) is -2.35. The van der Waals surface area contributed by atoms with Crippen molar-refractivity contribution in [2.24, 2.45) is 0 Å². The van der Waals surface area contributed by atoms with Gasteiger partial charge in [-0.1, -0.05) is 0 Å². The number of hydroxylamine groups is 2. The summed E-state index contributed by atoms with van der Waals surface area (Å²) in [6.45, 7) is -0.0794. The monoisotopic (exact) mass is 258 g/mol. The van der Waals surface area contributed by atoms with Crippen LogP contribution in [0.25, 0.3) is 0 Å². The SMILES string of the molecule is O=C(CCC(=O)ON1C(=O)CCC1=O)NCCO. The van der Waals surface area contributed by atoms with Gasteiger partial charge in [0.2, 0.25) is 5.91 Å². The first kappa shape index (κ1) is 14.1. The number of nitrogens with one attached hydrogen (secondary N) is 1. The number of amides is 3. The number of nitrogens with zero attached hydrogens (tertiary/aromatic N) is 1. The first-order chi connectivity index (χ1) is 8.54. The molecule has 0 aromatic rings. The highest BCUT2D eigenvalue weighted by Crippen LogP contribution is 2.12. The second-order valence-electron chi connectivity index (χ2n) is 3.62. The molecule has 0 aliphatic carbocycles. The minimum Gasteiger partial charge on any atom is -0.395 e. The highest BCUT2D eigenvalue weighted by molar-refractivity contribution is 6.01. The second-order valence-corrected chi connectivity index (χ2v) is 3.62. The summed E-state index contributed by atoms with van der Waals surface area (Å²) in [4.78, 5) is 49.2. The molecule has 0 atom stereocenters. The van der Waals surface area contributed by atoms with Gasteiger partial charge in [0, 0.05) is 25.8 Å². The highest BCUT2D eigenvalue weighted by atomic mass is 16.7. The minimum absolute atomic E-state index is 0.0309. The summed E-state index contributed by atoms with van der Waals surface area (Å²) in [6, 6.07) is 0. The van der Waals surface area contributed by atoms with Gasteiger partial charge in [-0.3, -0.25) is 14.4 Å². The van der Waals surface area contributed by atoms with E-state index in [0.29, 0.717) is 5.06 Å². The molecule has 1 saturated heterocycles. The number of hydrogen-bond donors (Lipinski definition) is 2. The Labute approximate surface area is 103 Å². The Morgan fingerprint density at radius 1 is 1.22 bits per heavy atom. The van der Waals surface area contributed by atoms with Gasteiger partial charge in [0.15, 0.2) is 0 Å². The van der Waals surface area contributed by atoms with Gasteiger partial charge in [-0.15, -0.1) is 5.06 Å². The van der Waals surface area contributed by atoms with E-state index >= 15 is 0 Å². The van der Waals surface area contributed by atoms with E-state index in [1.807, 2.05) is 0 Å². The summed E-state index contributed by atoms with van der Waals surface area (Å²) in [7, 11) is 0. The van der Waals surface area contributed by atoms with Crippen LogP contribution >= 0.6 is 0 Å². The number of imide groups is 1. The summed E-state index contributed by atoms with van der Waals surface area (Å²) in [6.07, 6.45) is -0.310. The van der Waals surface area contributed by atoms with E-state index in [2.05, 4.69) is 10.2 Å². The molecule has 0 aromatic carbocycles. The van der Waals surface area contributed by atoms with Crippen molar-refractivity contribution in [1.29, 1.82) is 0 Å². The van der Waals surface area contributed by atoms with E-state index in [1.54, 1.807) is 0 Å². The van der Waals surface area contributed by atoms with Gasteiger partial charge in [-0.05, 0) is 0 Å². The Hall–Kier alpha value is -1.96. The fourth-order valence-electron chi connectivity index (χ4n) is 1.30. The predicted molar refractivity (Wildman–Crippen MR) is 56.5 cm³/mol. The first-order valence-corrected chi connectivity index (χ1v) is 5.48. The predicted octanol–water partition coefficient (Wildman–Crippen LogP) is -1.52. The number of hydrogen-bond acceptors (Lipinski definition) is 6. The average Bonchev–Trinajstić information content (AvgIpc) is 2.65. The van der Waals surface area contributed by atoms with Crippen LogP contribution in [-0.2, 0) is 24.0 Å². The van der Waals surface area contributed by atoms with Crippen LogP contribution in [0.15, 0.2) is 0 Å². The van der Waals surface area contributed by atoms with Crippen LogP contribution in [0.5, 0.6) is 0 Å². The van der Waals surface area contributed by atoms with Crippen molar-refractivity contribution in [1.82, 2.24) is 10.4 Å². The maximum Gasteiger partial charge on any atom is 0.333 e. The topological polar surface area (TPSA) is 113 Å². The van der Waals surface area contributed by atoms with E-state index < -0.39 is 23.7 Å². The van der Waals surface area contributed by atoms with Crippen molar-refractivity contribution in [2.75, 3.05) is 13.2 Å². The Balaban J connectivity index is 2.27. The van der Waals surface area contributed by atoms with Crippen molar-refractivity contribution in [3.8, 4) is 0 Å². The highest BCUT2D eigenvalue weighted by Gasteiger charge is 2.32. The quantitative estimate of drug-likeness (QED) is 0.559. The maximum atomic E-state index is 11.3. The molecule has 8 heteroatoms. The molecule has 8 nitrogen and oxygen atoms in total. The number of rotatable bonds is 6. The molecule has 1 aliphatic heterocycles. The van der Waals surface area contributed by atoms with E-state index in [4.69, 9.17) is 5.11 Å². The Kier molecular flexibility index (Phi) is 5.25. The molecule has 0 radical (unpaired) electrons. The standard InChI is InChI=1S/C10H14N2O6/c13-6-5-11-7(14)1-4-10(17)18-12-8(15)2-3-9(12)16/h13H,1-6H2,(H,11,14). The van der Waals surface area contributed by atoms with Crippen molar-refractivity contribution in [3.05, 3.63) is 0 Å². The average molecular weight is 258 g/mol. The molecule has 18 heavy (non-hydrogen) atoms. The van der Waals surface area contributed by atoms with Crippen molar-refractivity contribution in [3.63, 3.8) is 0 Å². The third-order valence-corrected chi connectivity index (χ3v) is 2.19. The van der Waals surface area contributed by atoms with Crippen LogP contribution in [0.1, 0.15) is 25.7 Å². The fourth-order valence-corrected chi connectivity index (χ4v) is 1.30. The lowest BCUT2D eigenvalue weighted by atomic mass is 10.3. The molecule has 0 aromatic heterocycles. The lowest BCUT2D eigenvalue weighted by molar-refractivity contribution is -0.197. The second kappa shape index (κ2) is 6.70. The molecule has 2 N–H and O–H groups in total. The number of aliphatic hydroxyl groups excluding tert-OH is 1. The molecule has 0 spiro atoms. The van der Waals surface area contributed by atoms with Crippen LogP contribution in [0, 0.1) is 0 Å². The smallest absolute Gasteiger partial charge is 0.333 e. The van der Waals surface area contributed by atoms with E-state index in [1.165, 1.54) is 0 Å². The lowest BCUT2D eigenvalue weighted by Crippen LogP contribution is -2.33. The zero-order valence-corrected chi connectivity index (χ0v) is 9.68. The largest absolute Gasteiger partial charge is 0.395 e. The van der Waals surface area contributed by atoms with Gasteiger partial charge in [0.25, 0.3) is 11.8 Å². The van der Waals surface area contributed by atoms with Crippen LogP contribution in [0.2, 0.25) is 0 Å². The molecule has 1 aliphatic rings.